The van der Waals surface area contributed by atoms with Crippen LogP contribution in [0.5, 0.6) is 0 Å². The minimum absolute atomic E-state index is 0.0124. The van der Waals surface area contributed by atoms with Crippen LogP contribution in [0.1, 0.15) is 43.3 Å². The zero-order chi connectivity index (χ0) is 27.2. The van der Waals surface area contributed by atoms with E-state index in [1.165, 1.54) is 11.0 Å². The molecule has 5 rings (SSSR count). The number of hydrogen-bond acceptors (Lipinski definition) is 2. The number of nitrogens with zero attached hydrogens (tertiary/aromatic N) is 1. The van der Waals surface area contributed by atoms with Gasteiger partial charge in [0.1, 0.15) is 0 Å². The summed E-state index contributed by atoms with van der Waals surface area (Å²) in [7, 11) is 0. The van der Waals surface area contributed by atoms with Gasteiger partial charge in [0.15, 0.2) is 0 Å². The molecule has 4 aromatic carbocycles. The van der Waals surface area contributed by atoms with Crippen molar-refractivity contribution in [1.82, 2.24) is 4.90 Å². The van der Waals surface area contributed by atoms with Crippen LogP contribution in [0.15, 0.2) is 78.9 Å². The quantitative estimate of drug-likeness (QED) is 0.176. The van der Waals surface area contributed by atoms with Gasteiger partial charge in [0.2, 0.25) is 0 Å². The number of carbonyl (C=O) groups is 2. The highest BCUT2D eigenvalue weighted by molar-refractivity contribution is 6.48. The molecule has 1 heterocycles. The van der Waals surface area contributed by atoms with E-state index in [1.54, 1.807) is 60.7 Å². The molecule has 4 aromatic rings. The second-order valence-electron chi connectivity index (χ2n) is 8.78. The number of hydrogen-bond donors (Lipinski definition) is 0. The van der Waals surface area contributed by atoms with Crippen LogP contribution in [0, 0.1) is 0 Å². The van der Waals surface area contributed by atoms with Gasteiger partial charge < -0.3 is 0 Å². The summed E-state index contributed by atoms with van der Waals surface area (Å²) in [5.41, 5.74) is 1.78. The third-order valence-corrected chi connectivity index (χ3v) is 7.64. The van der Waals surface area contributed by atoms with Crippen LogP contribution in [-0.2, 0) is 6.54 Å². The number of rotatable bonds is 5. The predicted octanol–water partition coefficient (Wildman–Crippen LogP) is 8.96. The van der Waals surface area contributed by atoms with Gasteiger partial charge in [-0.2, -0.15) is 13.2 Å². The number of amides is 2. The molecule has 3 nitrogen and oxygen atoms in total. The highest BCUT2D eigenvalue weighted by Crippen LogP contribution is 2.41. The first-order chi connectivity index (χ1) is 18.1. The maximum atomic E-state index is 14.0. The molecule has 0 spiro atoms. The molecule has 0 saturated heterocycles. The van der Waals surface area contributed by atoms with Gasteiger partial charge in [0.25, 0.3) is 11.8 Å². The van der Waals surface area contributed by atoms with Gasteiger partial charge in [0.05, 0.1) is 38.7 Å². The number of halogens is 6. The summed E-state index contributed by atoms with van der Waals surface area (Å²) in [6, 6.07) is 19.5. The number of fused-ring (bicyclic) bond motifs is 2. The van der Waals surface area contributed by atoms with Crippen LogP contribution in [0.3, 0.4) is 0 Å². The molecule has 0 N–H and O–H groups in total. The first-order valence-electron chi connectivity index (χ1n) is 11.4. The van der Waals surface area contributed by atoms with Crippen molar-refractivity contribution in [3.05, 3.63) is 122 Å². The van der Waals surface area contributed by atoms with Crippen molar-refractivity contribution >= 4 is 63.5 Å². The van der Waals surface area contributed by atoms with Crippen LogP contribution in [-0.4, -0.2) is 22.9 Å². The molecule has 0 radical (unpaired) electrons. The average Bonchev–Trinajstić information content (AvgIpc) is 3.12. The highest BCUT2D eigenvalue weighted by Gasteiger charge is 2.39. The Bertz CT molecular complexity index is 1570. The van der Waals surface area contributed by atoms with E-state index in [0.717, 1.165) is 18.2 Å². The van der Waals surface area contributed by atoms with E-state index in [4.69, 9.17) is 34.8 Å². The summed E-state index contributed by atoms with van der Waals surface area (Å²) in [5, 5.41) is 1.24. The molecular formula is C29H17Cl3F3NO2. The Morgan fingerprint density at radius 2 is 1.34 bits per heavy atom. The molecule has 0 aliphatic carbocycles. The molecule has 192 valence electrons. The number of alkyl halides is 3. The van der Waals surface area contributed by atoms with Crippen LogP contribution >= 0.6 is 34.8 Å². The van der Waals surface area contributed by atoms with Gasteiger partial charge in [-0.1, -0.05) is 95.5 Å². The molecule has 1 aliphatic rings. The van der Waals surface area contributed by atoms with Gasteiger partial charge in [0, 0.05) is 0 Å². The SMILES string of the molecule is O=C1c2ccccc2C(=O)N1Cc1ccc(C=CC(c2cc(Cl)c(Cl)c(Cl)c2)C(F)(F)F)c2ccccc12. The first kappa shape index (κ1) is 26.3. The van der Waals surface area contributed by atoms with Crippen molar-refractivity contribution in [2.45, 2.75) is 18.6 Å². The van der Waals surface area contributed by atoms with Crippen molar-refractivity contribution in [1.29, 1.82) is 0 Å². The Morgan fingerprint density at radius 3 is 1.92 bits per heavy atom. The minimum atomic E-state index is -4.61. The fourth-order valence-electron chi connectivity index (χ4n) is 4.58. The lowest BCUT2D eigenvalue weighted by molar-refractivity contribution is -0.139. The molecule has 1 atom stereocenters. The van der Waals surface area contributed by atoms with Crippen LogP contribution in [0.25, 0.3) is 16.8 Å². The summed E-state index contributed by atoms with van der Waals surface area (Å²) in [4.78, 5) is 26.9. The topological polar surface area (TPSA) is 37.4 Å². The second kappa shape index (κ2) is 10.1. The molecule has 0 bridgehead atoms. The molecule has 0 fully saturated rings. The third-order valence-electron chi connectivity index (χ3n) is 6.44. The molecule has 0 saturated carbocycles. The van der Waals surface area contributed by atoms with Crippen molar-refractivity contribution in [2.24, 2.45) is 0 Å². The van der Waals surface area contributed by atoms with Crippen LogP contribution < -0.4 is 0 Å². The van der Waals surface area contributed by atoms with Crippen LogP contribution in [0.2, 0.25) is 15.1 Å². The molecule has 9 heteroatoms. The molecular weight excluding hydrogens is 558 g/mol. The molecule has 1 aliphatic heterocycles. The molecule has 0 aromatic heterocycles. The largest absolute Gasteiger partial charge is 0.399 e. The van der Waals surface area contributed by atoms with E-state index < -0.39 is 12.1 Å². The van der Waals surface area contributed by atoms with Crippen LogP contribution in [0.4, 0.5) is 13.2 Å². The summed E-state index contributed by atoms with van der Waals surface area (Å²) in [5.74, 6) is -2.74. The van der Waals surface area contributed by atoms with E-state index in [1.807, 2.05) is 0 Å². The molecule has 1 unspecified atom stereocenters. The van der Waals surface area contributed by atoms with Crippen molar-refractivity contribution < 1.29 is 22.8 Å². The zero-order valence-electron chi connectivity index (χ0n) is 19.4. The zero-order valence-corrected chi connectivity index (χ0v) is 21.7. The lowest BCUT2D eigenvalue weighted by Gasteiger charge is -2.19. The Balaban J connectivity index is 1.51. The Kier molecular flexibility index (Phi) is 6.99. The first-order valence-corrected chi connectivity index (χ1v) is 12.5. The van der Waals surface area contributed by atoms with Gasteiger partial charge in [-0.3, -0.25) is 14.5 Å². The maximum Gasteiger partial charge on any atom is 0.399 e. The number of imide groups is 1. The number of allylic oxidation sites excluding steroid dienone is 1. The maximum absolute atomic E-state index is 14.0. The fourth-order valence-corrected chi connectivity index (χ4v) is 5.20. The standard InChI is InChI=1S/C29H17Cl3F3NO2/c30-24-13-18(14-25(31)26(24)32)23(29(33,34)35)12-11-16-9-10-17(20-6-2-1-5-19(16)20)15-36-27(37)21-7-3-4-8-22(21)28(36)38/h1-14,23H,15H2. The van der Waals surface area contributed by atoms with E-state index >= 15 is 0 Å². The van der Waals surface area contributed by atoms with E-state index in [-0.39, 0.29) is 39.0 Å². The average molecular weight is 575 g/mol. The summed E-state index contributed by atoms with van der Waals surface area (Å²) < 4.78 is 42.1. The van der Waals surface area contributed by atoms with E-state index in [2.05, 4.69) is 0 Å². The van der Waals surface area contributed by atoms with Crippen molar-refractivity contribution in [3.63, 3.8) is 0 Å². The molecule has 2 amide bonds. The predicted molar refractivity (Wildman–Crippen MR) is 144 cm³/mol. The van der Waals surface area contributed by atoms with Crippen molar-refractivity contribution in [2.75, 3.05) is 0 Å². The highest BCUT2D eigenvalue weighted by atomic mass is 35.5. The van der Waals surface area contributed by atoms with E-state index in [9.17, 15) is 22.8 Å². The minimum Gasteiger partial charge on any atom is -0.270 e. The Labute approximate surface area is 231 Å². The normalized spacial score (nSPS) is 14.5. The monoisotopic (exact) mass is 573 g/mol. The number of benzene rings is 4. The summed E-state index contributed by atoms with van der Waals surface area (Å²) in [6.45, 7) is 0.0316. The lowest BCUT2D eigenvalue weighted by Crippen LogP contribution is -2.29. The van der Waals surface area contributed by atoms with Gasteiger partial charge in [-0.25, -0.2) is 0 Å². The van der Waals surface area contributed by atoms with Gasteiger partial charge in [-0.15, -0.1) is 0 Å². The van der Waals surface area contributed by atoms with Gasteiger partial charge >= 0.3 is 6.18 Å². The Morgan fingerprint density at radius 1 is 0.789 bits per heavy atom. The van der Waals surface area contributed by atoms with Gasteiger partial charge in [-0.05, 0) is 51.7 Å². The smallest absolute Gasteiger partial charge is 0.270 e. The Hall–Kier alpha value is -3.32. The lowest BCUT2D eigenvalue weighted by atomic mass is 9.94. The third kappa shape index (κ3) is 4.80. The van der Waals surface area contributed by atoms with E-state index in [0.29, 0.717) is 33.0 Å². The van der Waals surface area contributed by atoms with Crippen molar-refractivity contribution in [3.8, 4) is 0 Å². The molecule has 38 heavy (non-hydrogen) atoms. The fraction of sp³-hybridized carbons (Fsp3) is 0.103. The summed E-state index contributed by atoms with van der Waals surface area (Å²) in [6.07, 6.45) is -2.18. The second-order valence-corrected chi connectivity index (χ2v) is 9.97. The summed E-state index contributed by atoms with van der Waals surface area (Å²) >= 11 is 17.9. The number of carbonyl (C=O) groups excluding carboxylic acids is 2.